The van der Waals surface area contributed by atoms with Gasteiger partial charge in [-0.25, -0.2) is 0 Å². The van der Waals surface area contributed by atoms with Crippen molar-refractivity contribution in [2.75, 3.05) is 4.90 Å². The smallest absolute Gasteiger partial charge is 0.122 e. The molecule has 1 aliphatic heterocycles. The fraction of sp³-hybridized carbons (Fsp3) is 0.500. The Labute approximate surface area is 97.3 Å². The zero-order chi connectivity index (χ0) is 11.7. The Kier molecular flexibility index (Phi) is 2.99. The summed E-state index contributed by atoms with van der Waals surface area (Å²) in [7, 11) is 0. The standard InChI is InChI=1S/C14H19NO/c1-10(2)15-13(6-7-16)9-12-8-11(3)4-5-14(12)15/h4-5,7-8,10,13H,6,9H2,1-3H3. The summed E-state index contributed by atoms with van der Waals surface area (Å²) in [5.41, 5.74) is 4.00. The molecule has 1 aliphatic rings. The van der Waals surface area contributed by atoms with E-state index in [1.54, 1.807) is 0 Å². The highest BCUT2D eigenvalue weighted by molar-refractivity contribution is 5.64. The minimum Gasteiger partial charge on any atom is -0.365 e. The molecule has 0 aliphatic carbocycles. The molecule has 1 heterocycles. The molecule has 2 heteroatoms. The summed E-state index contributed by atoms with van der Waals surface area (Å²) in [6.07, 6.45) is 2.68. The molecule has 16 heavy (non-hydrogen) atoms. The van der Waals surface area contributed by atoms with Crippen LogP contribution in [0.5, 0.6) is 0 Å². The molecular weight excluding hydrogens is 198 g/mol. The molecule has 0 N–H and O–H groups in total. The van der Waals surface area contributed by atoms with Crippen molar-refractivity contribution in [3.63, 3.8) is 0 Å². The Morgan fingerprint density at radius 1 is 1.50 bits per heavy atom. The fourth-order valence-electron chi connectivity index (χ4n) is 2.69. The Morgan fingerprint density at radius 2 is 2.25 bits per heavy atom. The van der Waals surface area contributed by atoms with E-state index in [1.807, 2.05) is 0 Å². The molecule has 1 aromatic carbocycles. The van der Waals surface area contributed by atoms with Crippen LogP contribution in [0.4, 0.5) is 5.69 Å². The van der Waals surface area contributed by atoms with E-state index < -0.39 is 0 Å². The topological polar surface area (TPSA) is 20.3 Å². The van der Waals surface area contributed by atoms with Gasteiger partial charge in [-0.1, -0.05) is 17.7 Å². The van der Waals surface area contributed by atoms with E-state index >= 15 is 0 Å². The van der Waals surface area contributed by atoms with Crippen LogP contribution in [-0.2, 0) is 11.2 Å². The third kappa shape index (κ3) is 1.84. The van der Waals surface area contributed by atoms with Gasteiger partial charge in [0.25, 0.3) is 0 Å². The molecule has 1 unspecified atom stereocenters. The second-order valence-corrected chi connectivity index (χ2v) is 4.89. The lowest BCUT2D eigenvalue weighted by atomic mass is 10.1. The van der Waals surface area contributed by atoms with Crippen molar-refractivity contribution in [1.82, 2.24) is 0 Å². The Hall–Kier alpha value is -1.31. The van der Waals surface area contributed by atoms with Gasteiger partial charge in [-0.05, 0) is 38.8 Å². The highest BCUT2D eigenvalue weighted by Crippen LogP contribution is 2.35. The monoisotopic (exact) mass is 217 g/mol. The maximum atomic E-state index is 10.7. The molecule has 0 fully saturated rings. The minimum absolute atomic E-state index is 0.356. The summed E-state index contributed by atoms with van der Waals surface area (Å²) in [6.45, 7) is 6.49. The number of aldehydes is 1. The lowest BCUT2D eigenvalue weighted by molar-refractivity contribution is -0.108. The highest BCUT2D eigenvalue weighted by atomic mass is 16.1. The fourth-order valence-corrected chi connectivity index (χ4v) is 2.69. The number of aryl methyl sites for hydroxylation is 1. The third-order valence-electron chi connectivity index (χ3n) is 3.29. The number of anilines is 1. The van der Waals surface area contributed by atoms with E-state index in [2.05, 4.69) is 43.9 Å². The number of hydrogen-bond donors (Lipinski definition) is 0. The lowest BCUT2D eigenvalue weighted by Crippen LogP contribution is -2.37. The van der Waals surface area contributed by atoms with Gasteiger partial charge in [0, 0.05) is 24.2 Å². The van der Waals surface area contributed by atoms with Gasteiger partial charge in [0.2, 0.25) is 0 Å². The van der Waals surface area contributed by atoms with Gasteiger partial charge < -0.3 is 9.69 Å². The molecule has 1 aromatic rings. The van der Waals surface area contributed by atoms with E-state index in [0.29, 0.717) is 18.5 Å². The molecule has 1 atom stereocenters. The molecule has 0 spiro atoms. The van der Waals surface area contributed by atoms with Gasteiger partial charge in [-0.2, -0.15) is 0 Å². The summed E-state index contributed by atoms with van der Waals surface area (Å²) in [5.74, 6) is 0. The number of fused-ring (bicyclic) bond motifs is 1. The lowest BCUT2D eigenvalue weighted by Gasteiger charge is -2.30. The number of rotatable bonds is 3. The van der Waals surface area contributed by atoms with Crippen LogP contribution < -0.4 is 4.90 Å². The molecule has 86 valence electrons. The predicted octanol–water partition coefficient (Wildman–Crippen LogP) is 2.72. The van der Waals surface area contributed by atoms with E-state index in [0.717, 1.165) is 12.7 Å². The van der Waals surface area contributed by atoms with Crippen molar-refractivity contribution >= 4 is 12.0 Å². The first-order valence-electron chi connectivity index (χ1n) is 5.95. The number of hydrogen-bond acceptors (Lipinski definition) is 2. The molecule has 0 aromatic heterocycles. The molecule has 0 bridgehead atoms. The molecule has 0 saturated carbocycles. The average Bonchev–Trinajstić information content (AvgIpc) is 2.55. The first-order chi connectivity index (χ1) is 7.63. The molecular formula is C14H19NO. The van der Waals surface area contributed by atoms with Gasteiger partial charge in [0.05, 0.1) is 0 Å². The Balaban J connectivity index is 2.36. The van der Waals surface area contributed by atoms with E-state index in [-0.39, 0.29) is 0 Å². The SMILES string of the molecule is Cc1ccc2c(c1)CC(CC=O)N2C(C)C. The quantitative estimate of drug-likeness (QED) is 0.726. The summed E-state index contributed by atoms with van der Waals surface area (Å²) >= 11 is 0. The maximum Gasteiger partial charge on any atom is 0.122 e. The molecule has 2 rings (SSSR count). The van der Waals surface area contributed by atoms with Crippen LogP contribution in [0.2, 0.25) is 0 Å². The van der Waals surface area contributed by atoms with E-state index in [9.17, 15) is 4.79 Å². The number of nitrogens with zero attached hydrogens (tertiary/aromatic N) is 1. The molecule has 0 radical (unpaired) electrons. The van der Waals surface area contributed by atoms with Crippen LogP contribution in [0.25, 0.3) is 0 Å². The van der Waals surface area contributed by atoms with Crippen LogP contribution in [0.3, 0.4) is 0 Å². The van der Waals surface area contributed by atoms with Gasteiger partial charge in [-0.15, -0.1) is 0 Å². The summed E-state index contributed by atoms with van der Waals surface area (Å²) in [6, 6.07) is 7.39. The Morgan fingerprint density at radius 3 is 2.88 bits per heavy atom. The molecule has 2 nitrogen and oxygen atoms in total. The Bertz CT molecular complexity index is 398. The van der Waals surface area contributed by atoms with E-state index in [1.165, 1.54) is 16.8 Å². The van der Waals surface area contributed by atoms with Crippen molar-refractivity contribution in [3.05, 3.63) is 29.3 Å². The molecule has 0 amide bonds. The van der Waals surface area contributed by atoms with Crippen LogP contribution in [0.1, 0.15) is 31.4 Å². The average molecular weight is 217 g/mol. The van der Waals surface area contributed by atoms with Crippen molar-refractivity contribution in [2.45, 2.75) is 45.7 Å². The minimum atomic E-state index is 0.356. The summed E-state index contributed by atoms with van der Waals surface area (Å²) in [4.78, 5) is 13.1. The van der Waals surface area contributed by atoms with Gasteiger partial charge in [0.15, 0.2) is 0 Å². The van der Waals surface area contributed by atoms with Crippen molar-refractivity contribution < 1.29 is 4.79 Å². The van der Waals surface area contributed by atoms with Crippen molar-refractivity contribution in [3.8, 4) is 0 Å². The second-order valence-electron chi connectivity index (χ2n) is 4.89. The number of carbonyl (C=O) groups excluding carboxylic acids is 1. The number of carbonyl (C=O) groups is 1. The largest absolute Gasteiger partial charge is 0.365 e. The van der Waals surface area contributed by atoms with Gasteiger partial charge >= 0.3 is 0 Å². The highest BCUT2D eigenvalue weighted by Gasteiger charge is 2.30. The summed E-state index contributed by atoms with van der Waals surface area (Å²) < 4.78 is 0. The molecule has 0 saturated heterocycles. The van der Waals surface area contributed by atoms with Crippen LogP contribution in [0.15, 0.2) is 18.2 Å². The number of benzene rings is 1. The zero-order valence-electron chi connectivity index (χ0n) is 10.2. The normalized spacial score (nSPS) is 19.0. The zero-order valence-corrected chi connectivity index (χ0v) is 10.2. The van der Waals surface area contributed by atoms with Gasteiger partial charge in [0.1, 0.15) is 6.29 Å². The van der Waals surface area contributed by atoms with E-state index in [4.69, 9.17) is 0 Å². The first-order valence-corrected chi connectivity index (χ1v) is 5.95. The first kappa shape index (κ1) is 11.2. The maximum absolute atomic E-state index is 10.7. The van der Waals surface area contributed by atoms with Crippen LogP contribution in [0, 0.1) is 6.92 Å². The third-order valence-corrected chi connectivity index (χ3v) is 3.29. The predicted molar refractivity (Wildman–Crippen MR) is 67.0 cm³/mol. The van der Waals surface area contributed by atoms with Crippen molar-refractivity contribution in [1.29, 1.82) is 0 Å². The second kappa shape index (κ2) is 4.28. The summed E-state index contributed by atoms with van der Waals surface area (Å²) in [5, 5.41) is 0. The van der Waals surface area contributed by atoms with Crippen molar-refractivity contribution in [2.24, 2.45) is 0 Å². The van der Waals surface area contributed by atoms with Crippen LogP contribution >= 0.6 is 0 Å². The van der Waals surface area contributed by atoms with Gasteiger partial charge in [-0.3, -0.25) is 0 Å². The van der Waals surface area contributed by atoms with Crippen LogP contribution in [-0.4, -0.2) is 18.4 Å².